The Bertz CT molecular complexity index is 771. The van der Waals surface area contributed by atoms with E-state index in [2.05, 4.69) is 10.2 Å². The largest absolute Gasteiger partial charge is 0.419 e. The predicted molar refractivity (Wildman–Crippen MR) is 66.9 cm³/mol. The van der Waals surface area contributed by atoms with Crippen LogP contribution in [0, 0.1) is 0 Å². The molecule has 2 aromatic heterocycles. The van der Waals surface area contributed by atoms with E-state index in [-0.39, 0.29) is 5.76 Å². The zero-order chi connectivity index (χ0) is 12.7. The summed E-state index contributed by atoms with van der Waals surface area (Å²) < 4.78 is 6.57. The third-order valence-corrected chi connectivity index (χ3v) is 2.77. The van der Waals surface area contributed by atoms with Crippen molar-refractivity contribution in [1.29, 1.82) is 0 Å². The highest BCUT2D eigenvalue weighted by Gasteiger charge is 2.08. The van der Waals surface area contributed by atoms with E-state index >= 15 is 0 Å². The van der Waals surface area contributed by atoms with Gasteiger partial charge in [0.2, 0.25) is 0 Å². The van der Waals surface area contributed by atoms with Gasteiger partial charge in [0.25, 0.3) is 0 Å². The van der Waals surface area contributed by atoms with Gasteiger partial charge in [-0.05, 0) is 24.3 Å². The Balaban J connectivity index is 2.19. The van der Waals surface area contributed by atoms with Crippen LogP contribution in [0.15, 0.2) is 39.5 Å². The highest BCUT2D eigenvalue weighted by Crippen LogP contribution is 2.22. The van der Waals surface area contributed by atoms with Crippen molar-refractivity contribution in [2.75, 3.05) is 5.73 Å². The van der Waals surface area contributed by atoms with Gasteiger partial charge in [0, 0.05) is 12.6 Å². The van der Waals surface area contributed by atoms with Crippen LogP contribution in [0.25, 0.3) is 22.4 Å². The van der Waals surface area contributed by atoms with Crippen molar-refractivity contribution >= 4 is 16.9 Å². The van der Waals surface area contributed by atoms with Gasteiger partial charge in [-0.15, -0.1) is 10.2 Å². The Morgan fingerprint density at radius 2 is 2.06 bits per heavy atom. The number of hydrogen-bond donors (Lipinski definition) is 1. The van der Waals surface area contributed by atoms with Crippen molar-refractivity contribution in [2.24, 2.45) is 7.05 Å². The van der Waals surface area contributed by atoms with Gasteiger partial charge in [-0.3, -0.25) is 4.57 Å². The molecule has 18 heavy (non-hydrogen) atoms. The maximum atomic E-state index is 11.4. The molecule has 0 radical (unpaired) electrons. The molecule has 0 unspecified atom stereocenters. The highest BCUT2D eigenvalue weighted by molar-refractivity contribution is 5.79. The molecule has 0 atom stereocenters. The van der Waals surface area contributed by atoms with Crippen molar-refractivity contribution < 1.29 is 4.42 Å². The smallest absolute Gasteiger partial charge is 0.408 e. The van der Waals surface area contributed by atoms with Gasteiger partial charge < -0.3 is 10.2 Å². The summed E-state index contributed by atoms with van der Waals surface area (Å²) in [5, 5.41) is 7.77. The van der Waals surface area contributed by atoms with Crippen LogP contribution in [-0.2, 0) is 7.05 Å². The minimum atomic E-state index is -0.384. The molecule has 0 aliphatic heterocycles. The molecule has 2 N–H and O–H groups in total. The molecule has 6 nitrogen and oxygen atoms in total. The number of oxazole rings is 1. The molecule has 2 heterocycles. The molecule has 3 rings (SSSR count). The number of nitrogens with zero attached hydrogens (tertiary/aromatic N) is 3. The highest BCUT2D eigenvalue weighted by atomic mass is 16.4. The van der Waals surface area contributed by atoms with Gasteiger partial charge >= 0.3 is 5.76 Å². The van der Waals surface area contributed by atoms with E-state index in [0.717, 1.165) is 11.1 Å². The Kier molecular flexibility index (Phi) is 2.16. The lowest BCUT2D eigenvalue weighted by Crippen LogP contribution is -2.08. The monoisotopic (exact) mass is 242 g/mol. The van der Waals surface area contributed by atoms with Gasteiger partial charge in [-0.1, -0.05) is 6.07 Å². The number of hydrogen-bond acceptors (Lipinski definition) is 5. The lowest BCUT2D eigenvalue weighted by Gasteiger charge is -2.00. The predicted octanol–water partition coefficient (Wildman–Crippen LogP) is 1.17. The van der Waals surface area contributed by atoms with Crippen molar-refractivity contribution in [2.45, 2.75) is 0 Å². The number of benzene rings is 1. The van der Waals surface area contributed by atoms with E-state index < -0.39 is 0 Å². The third kappa shape index (κ3) is 1.55. The third-order valence-electron chi connectivity index (χ3n) is 2.77. The fourth-order valence-electron chi connectivity index (χ4n) is 1.79. The van der Waals surface area contributed by atoms with Crippen molar-refractivity contribution in [3.05, 3.63) is 40.9 Å². The average Bonchev–Trinajstić information content (AvgIpc) is 2.65. The lowest BCUT2D eigenvalue weighted by molar-refractivity contribution is 0.528. The Labute approximate surface area is 102 Å². The summed E-state index contributed by atoms with van der Waals surface area (Å²) in [6, 6.07) is 8.88. The van der Waals surface area contributed by atoms with Crippen LogP contribution in [-0.4, -0.2) is 14.8 Å². The zero-order valence-electron chi connectivity index (χ0n) is 9.62. The number of nitrogens with two attached hydrogens (primary N) is 1. The molecular weight excluding hydrogens is 232 g/mol. The van der Waals surface area contributed by atoms with E-state index in [1.807, 2.05) is 12.1 Å². The van der Waals surface area contributed by atoms with Crippen LogP contribution in [0.1, 0.15) is 0 Å². The van der Waals surface area contributed by atoms with Crippen molar-refractivity contribution in [3.63, 3.8) is 0 Å². The number of fused-ring (bicyclic) bond motifs is 1. The molecule has 0 fully saturated rings. The summed E-state index contributed by atoms with van der Waals surface area (Å²) in [7, 11) is 1.66. The normalized spacial score (nSPS) is 10.9. The molecular formula is C12H10N4O2. The second-order valence-electron chi connectivity index (χ2n) is 3.95. The first kappa shape index (κ1) is 10.5. The average molecular weight is 242 g/mol. The zero-order valence-corrected chi connectivity index (χ0v) is 9.62. The SMILES string of the molecule is Cn1c(=O)oc2cc(-c3ccc(N)nn3)ccc21. The Morgan fingerprint density at radius 1 is 1.22 bits per heavy atom. The molecule has 0 bridgehead atoms. The Morgan fingerprint density at radius 3 is 2.78 bits per heavy atom. The maximum Gasteiger partial charge on any atom is 0.419 e. The van der Waals surface area contributed by atoms with Gasteiger partial charge in [0.1, 0.15) is 5.82 Å². The summed E-state index contributed by atoms with van der Waals surface area (Å²) in [5.41, 5.74) is 8.25. The number of aromatic nitrogens is 3. The first-order valence-electron chi connectivity index (χ1n) is 5.34. The van der Waals surface area contributed by atoms with E-state index in [1.165, 1.54) is 4.57 Å². The number of nitrogen functional groups attached to an aromatic ring is 1. The maximum absolute atomic E-state index is 11.4. The van der Waals surface area contributed by atoms with Gasteiger partial charge in [0.15, 0.2) is 5.58 Å². The summed E-state index contributed by atoms with van der Waals surface area (Å²) in [4.78, 5) is 11.4. The number of anilines is 1. The lowest BCUT2D eigenvalue weighted by atomic mass is 10.1. The summed E-state index contributed by atoms with van der Waals surface area (Å²) in [6.45, 7) is 0. The molecule has 0 saturated heterocycles. The minimum Gasteiger partial charge on any atom is -0.408 e. The molecule has 0 amide bonds. The fraction of sp³-hybridized carbons (Fsp3) is 0.0833. The van der Waals surface area contributed by atoms with Gasteiger partial charge in [-0.25, -0.2) is 4.79 Å². The molecule has 0 aliphatic rings. The van der Waals surface area contributed by atoms with E-state index in [1.54, 1.807) is 25.2 Å². The van der Waals surface area contributed by atoms with E-state index in [0.29, 0.717) is 17.1 Å². The second-order valence-corrected chi connectivity index (χ2v) is 3.95. The molecule has 90 valence electrons. The quantitative estimate of drug-likeness (QED) is 0.692. The molecule has 1 aromatic carbocycles. The number of rotatable bonds is 1. The van der Waals surface area contributed by atoms with Crippen molar-refractivity contribution in [3.8, 4) is 11.3 Å². The van der Waals surface area contributed by atoms with Crippen LogP contribution < -0.4 is 11.5 Å². The van der Waals surface area contributed by atoms with Gasteiger partial charge in [-0.2, -0.15) is 0 Å². The summed E-state index contributed by atoms with van der Waals surface area (Å²) in [6.07, 6.45) is 0. The second kappa shape index (κ2) is 3.69. The standard InChI is InChI=1S/C12H10N4O2/c1-16-9-4-2-7(6-10(9)18-12(16)17)8-3-5-11(13)15-14-8/h2-6H,1H3,(H2,13,15). The van der Waals surface area contributed by atoms with E-state index in [4.69, 9.17) is 10.2 Å². The van der Waals surface area contributed by atoms with E-state index in [9.17, 15) is 4.79 Å². The molecule has 0 saturated carbocycles. The molecule has 0 aliphatic carbocycles. The summed E-state index contributed by atoms with van der Waals surface area (Å²) in [5.74, 6) is -0.0170. The molecule has 3 aromatic rings. The van der Waals surface area contributed by atoms with Crippen LogP contribution in [0.3, 0.4) is 0 Å². The first-order valence-corrected chi connectivity index (χ1v) is 5.34. The van der Waals surface area contributed by atoms with Crippen LogP contribution >= 0.6 is 0 Å². The minimum absolute atomic E-state index is 0.367. The van der Waals surface area contributed by atoms with Crippen LogP contribution in [0.2, 0.25) is 0 Å². The fourth-order valence-corrected chi connectivity index (χ4v) is 1.79. The van der Waals surface area contributed by atoms with Crippen LogP contribution in [0.5, 0.6) is 0 Å². The summed E-state index contributed by atoms with van der Waals surface area (Å²) >= 11 is 0. The number of aryl methyl sites for hydroxylation is 1. The van der Waals surface area contributed by atoms with Crippen LogP contribution in [0.4, 0.5) is 5.82 Å². The van der Waals surface area contributed by atoms with Crippen molar-refractivity contribution in [1.82, 2.24) is 14.8 Å². The topological polar surface area (TPSA) is 86.9 Å². The molecule has 0 spiro atoms. The Hall–Kier alpha value is -2.63. The molecule has 6 heteroatoms. The first-order chi connectivity index (χ1) is 8.65. The van der Waals surface area contributed by atoms with Gasteiger partial charge in [0.05, 0.1) is 11.2 Å².